The Morgan fingerprint density at radius 3 is 2.69 bits per heavy atom. The van der Waals surface area contributed by atoms with Crippen LogP contribution in [0.25, 0.3) is 5.69 Å². The van der Waals surface area contributed by atoms with E-state index in [9.17, 15) is 4.79 Å². The van der Waals surface area contributed by atoms with Crippen LogP contribution in [-0.4, -0.2) is 32.3 Å². The van der Waals surface area contributed by atoms with Gasteiger partial charge in [0.15, 0.2) is 5.82 Å². The van der Waals surface area contributed by atoms with Crippen molar-refractivity contribution in [2.75, 3.05) is 5.32 Å². The lowest BCUT2D eigenvalue weighted by molar-refractivity contribution is 0.248. The molecule has 7 heteroatoms. The van der Waals surface area contributed by atoms with Crippen LogP contribution in [0.1, 0.15) is 24.7 Å². The second-order valence-corrected chi connectivity index (χ2v) is 6.21. The first-order chi connectivity index (χ1) is 12.6. The highest BCUT2D eigenvalue weighted by atomic mass is 16.2. The van der Waals surface area contributed by atoms with Crippen LogP contribution in [0.3, 0.4) is 0 Å². The number of nitrogens with one attached hydrogen (secondary N) is 2. The summed E-state index contributed by atoms with van der Waals surface area (Å²) in [7, 11) is 0. The monoisotopic (exact) mass is 350 g/mol. The minimum absolute atomic E-state index is 0.0696. The van der Waals surface area contributed by atoms with Crippen molar-refractivity contribution in [3.8, 4) is 5.69 Å². The summed E-state index contributed by atoms with van der Waals surface area (Å²) in [6.07, 6.45) is 1.80. The van der Waals surface area contributed by atoms with E-state index in [0.717, 1.165) is 18.5 Å². The predicted molar refractivity (Wildman–Crippen MR) is 100 cm³/mol. The summed E-state index contributed by atoms with van der Waals surface area (Å²) >= 11 is 0. The summed E-state index contributed by atoms with van der Waals surface area (Å²) < 4.78 is 1.62. The third-order valence-electron chi connectivity index (χ3n) is 4.06. The van der Waals surface area contributed by atoms with Crippen LogP contribution in [-0.2, 0) is 6.42 Å². The van der Waals surface area contributed by atoms with Crippen molar-refractivity contribution in [2.24, 2.45) is 0 Å². The minimum atomic E-state index is -0.226. The number of nitrogens with zero attached hydrogens (tertiary/aromatic N) is 4. The number of carbonyl (C=O) groups is 1. The SMILES string of the molecule is Cc1nnnn1-c1cccc(NC(=O)NC(C)CCc2ccccc2)c1. The molecule has 0 bridgehead atoms. The summed E-state index contributed by atoms with van der Waals surface area (Å²) in [4.78, 5) is 12.2. The van der Waals surface area contributed by atoms with Crippen molar-refractivity contribution in [1.29, 1.82) is 0 Å². The molecule has 2 aromatic carbocycles. The Bertz CT molecular complexity index is 861. The Kier molecular flexibility index (Phi) is 5.58. The first-order valence-electron chi connectivity index (χ1n) is 8.58. The quantitative estimate of drug-likeness (QED) is 0.715. The van der Waals surface area contributed by atoms with Gasteiger partial charge in [0, 0.05) is 11.7 Å². The fourth-order valence-corrected chi connectivity index (χ4v) is 2.68. The van der Waals surface area contributed by atoms with Gasteiger partial charge in [0.05, 0.1) is 5.69 Å². The number of amides is 2. The van der Waals surface area contributed by atoms with Crippen LogP contribution in [0.15, 0.2) is 54.6 Å². The van der Waals surface area contributed by atoms with E-state index in [1.807, 2.05) is 56.3 Å². The summed E-state index contributed by atoms with van der Waals surface area (Å²) in [6, 6.07) is 17.5. The third kappa shape index (κ3) is 4.66. The molecule has 0 saturated heterocycles. The predicted octanol–water partition coefficient (Wildman–Crippen LogP) is 3.11. The summed E-state index contributed by atoms with van der Waals surface area (Å²) in [5, 5.41) is 17.3. The van der Waals surface area contributed by atoms with Gasteiger partial charge in [-0.05, 0) is 60.9 Å². The highest BCUT2D eigenvalue weighted by Gasteiger charge is 2.09. The van der Waals surface area contributed by atoms with Crippen molar-refractivity contribution in [3.63, 3.8) is 0 Å². The molecule has 2 amide bonds. The number of benzene rings is 2. The number of carbonyl (C=O) groups excluding carboxylic acids is 1. The Morgan fingerprint density at radius 1 is 1.15 bits per heavy atom. The van der Waals surface area contributed by atoms with Crippen molar-refractivity contribution in [1.82, 2.24) is 25.5 Å². The summed E-state index contributed by atoms with van der Waals surface area (Å²) in [5.74, 6) is 0.682. The minimum Gasteiger partial charge on any atom is -0.335 e. The second-order valence-electron chi connectivity index (χ2n) is 6.21. The lowest BCUT2D eigenvalue weighted by Gasteiger charge is -2.15. The average molecular weight is 350 g/mol. The van der Waals surface area contributed by atoms with Crippen LogP contribution in [0.2, 0.25) is 0 Å². The lowest BCUT2D eigenvalue weighted by atomic mass is 10.1. The molecular weight excluding hydrogens is 328 g/mol. The number of aryl methyl sites for hydroxylation is 2. The molecule has 0 aliphatic rings. The van der Waals surface area contributed by atoms with E-state index >= 15 is 0 Å². The van der Waals surface area contributed by atoms with E-state index < -0.39 is 0 Å². The number of tetrazole rings is 1. The first-order valence-corrected chi connectivity index (χ1v) is 8.58. The maximum atomic E-state index is 12.2. The van der Waals surface area contributed by atoms with Gasteiger partial charge in [0.2, 0.25) is 0 Å². The van der Waals surface area contributed by atoms with Gasteiger partial charge in [-0.1, -0.05) is 36.4 Å². The number of hydrogen-bond acceptors (Lipinski definition) is 4. The third-order valence-corrected chi connectivity index (χ3v) is 4.06. The number of rotatable bonds is 6. The Hall–Kier alpha value is -3.22. The van der Waals surface area contributed by atoms with E-state index in [1.54, 1.807) is 4.68 Å². The van der Waals surface area contributed by atoms with Crippen LogP contribution in [0, 0.1) is 6.92 Å². The van der Waals surface area contributed by atoms with Gasteiger partial charge in [0.1, 0.15) is 0 Å². The first kappa shape index (κ1) is 17.6. The molecule has 26 heavy (non-hydrogen) atoms. The van der Waals surface area contributed by atoms with E-state index in [-0.39, 0.29) is 12.1 Å². The standard InChI is InChI=1S/C19H22N6O/c1-14(11-12-16-7-4-3-5-8-16)20-19(26)21-17-9-6-10-18(13-17)25-15(2)22-23-24-25/h3-10,13-14H,11-12H2,1-2H3,(H2,20,21,26). The maximum Gasteiger partial charge on any atom is 0.319 e. The van der Waals surface area contributed by atoms with Crippen molar-refractivity contribution in [2.45, 2.75) is 32.7 Å². The summed E-state index contributed by atoms with van der Waals surface area (Å²) in [6.45, 7) is 3.82. The highest BCUT2D eigenvalue weighted by Crippen LogP contribution is 2.14. The van der Waals surface area contributed by atoms with Crippen LogP contribution in [0.4, 0.5) is 10.5 Å². The van der Waals surface area contributed by atoms with Gasteiger partial charge < -0.3 is 10.6 Å². The second kappa shape index (κ2) is 8.24. The Balaban J connectivity index is 1.54. The smallest absolute Gasteiger partial charge is 0.319 e. The van der Waals surface area contributed by atoms with Crippen LogP contribution >= 0.6 is 0 Å². The molecule has 3 rings (SSSR count). The maximum absolute atomic E-state index is 12.2. The zero-order chi connectivity index (χ0) is 18.4. The molecule has 2 N–H and O–H groups in total. The number of hydrogen-bond donors (Lipinski definition) is 2. The molecular formula is C19H22N6O. The molecule has 7 nitrogen and oxygen atoms in total. The molecule has 0 spiro atoms. The molecule has 0 saturated carbocycles. The normalized spacial score (nSPS) is 11.8. The zero-order valence-electron chi connectivity index (χ0n) is 14.9. The van der Waals surface area contributed by atoms with Crippen molar-refractivity contribution < 1.29 is 4.79 Å². The molecule has 0 aliphatic carbocycles. The van der Waals surface area contributed by atoms with E-state index in [0.29, 0.717) is 11.5 Å². The average Bonchev–Trinajstić information content (AvgIpc) is 3.07. The van der Waals surface area contributed by atoms with Gasteiger partial charge in [-0.3, -0.25) is 0 Å². The molecule has 1 unspecified atom stereocenters. The molecule has 134 valence electrons. The summed E-state index contributed by atoms with van der Waals surface area (Å²) in [5.41, 5.74) is 2.75. The van der Waals surface area contributed by atoms with E-state index in [4.69, 9.17) is 0 Å². The van der Waals surface area contributed by atoms with Crippen LogP contribution < -0.4 is 10.6 Å². The molecule has 1 atom stereocenters. The zero-order valence-corrected chi connectivity index (χ0v) is 14.9. The van der Waals surface area contributed by atoms with Gasteiger partial charge in [-0.15, -0.1) is 5.10 Å². The van der Waals surface area contributed by atoms with E-state index in [1.165, 1.54) is 5.56 Å². The van der Waals surface area contributed by atoms with Gasteiger partial charge in [-0.2, -0.15) is 4.68 Å². The Labute approximate surface area is 152 Å². The molecule has 1 heterocycles. The molecule has 1 aromatic heterocycles. The lowest BCUT2D eigenvalue weighted by Crippen LogP contribution is -2.36. The van der Waals surface area contributed by atoms with Crippen LogP contribution in [0.5, 0.6) is 0 Å². The van der Waals surface area contributed by atoms with Gasteiger partial charge in [-0.25, -0.2) is 4.79 Å². The van der Waals surface area contributed by atoms with E-state index in [2.05, 4.69) is 38.3 Å². The number of aromatic nitrogens is 4. The topological polar surface area (TPSA) is 84.7 Å². The number of anilines is 1. The molecule has 3 aromatic rings. The largest absolute Gasteiger partial charge is 0.335 e. The van der Waals surface area contributed by atoms with Crippen molar-refractivity contribution >= 4 is 11.7 Å². The van der Waals surface area contributed by atoms with Gasteiger partial charge in [0.25, 0.3) is 0 Å². The Morgan fingerprint density at radius 2 is 1.96 bits per heavy atom. The number of urea groups is 1. The molecule has 0 aliphatic heterocycles. The van der Waals surface area contributed by atoms with Gasteiger partial charge >= 0.3 is 6.03 Å². The molecule has 0 radical (unpaired) electrons. The fourth-order valence-electron chi connectivity index (χ4n) is 2.68. The fraction of sp³-hybridized carbons (Fsp3) is 0.263. The van der Waals surface area contributed by atoms with Crippen molar-refractivity contribution in [3.05, 3.63) is 66.0 Å². The molecule has 0 fully saturated rings. The highest BCUT2D eigenvalue weighted by molar-refractivity contribution is 5.89.